The zero-order valence-corrected chi connectivity index (χ0v) is 22.6. The van der Waals surface area contributed by atoms with Gasteiger partial charge in [-0.05, 0) is 37.7 Å². The van der Waals surface area contributed by atoms with Gasteiger partial charge in [-0.2, -0.15) is 0 Å². The summed E-state index contributed by atoms with van der Waals surface area (Å²) in [4.78, 5) is 0. The standard InChI is InChI=1S/C26H38O4Si2/c1-20(32(6,7)22-16-12-9-13-17-22)23-26(30-31(3,4)5,25(2)27-18-19-28-25)24(29-23)21-14-10-8-11-15-21/h8-17,20,23-24H,18-19H2,1-7H3/t20-,23-,24+,26+/m0/s1. The molecule has 2 aliphatic heterocycles. The van der Waals surface area contributed by atoms with Crippen LogP contribution in [0.3, 0.4) is 0 Å². The second-order valence-corrected chi connectivity index (χ2v) is 20.2. The number of benzene rings is 2. The second kappa shape index (κ2) is 8.49. The molecule has 0 bridgehead atoms. The lowest BCUT2D eigenvalue weighted by molar-refractivity contribution is -0.389. The molecule has 0 aromatic heterocycles. The summed E-state index contributed by atoms with van der Waals surface area (Å²) in [6.45, 7) is 17.2. The Balaban J connectivity index is 1.82. The minimum absolute atomic E-state index is 0.121. The van der Waals surface area contributed by atoms with E-state index in [0.717, 1.165) is 5.56 Å². The van der Waals surface area contributed by atoms with Gasteiger partial charge in [-0.15, -0.1) is 0 Å². The number of rotatable bonds is 7. The Hall–Kier alpha value is -1.29. The Morgan fingerprint density at radius 1 is 0.875 bits per heavy atom. The smallest absolute Gasteiger partial charge is 0.199 e. The van der Waals surface area contributed by atoms with Crippen molar-refractivity contribution in [2.45, 2.75) is 75.7 Å². The summed E-state index contributed by atoms with van der Waals surface area (Å²) in [6, 6.07) is 21.3. The Labute approximate surface area is 195 Å². The summed E-state index contributed by atoms with van der Waals surface area (Å²) < 4.78 is 26.7. The van der Waals surface area contributed by atoms with Gasteiger partial charge in [0.05, 0.1) is 27.4 Å². The van der Waals surface area contributed by atoms with Gasteiger partial charge < -0.3 is 18.6 Å². The Kier molecular flexibility index (Phi) is 6.33. The Morgan fingerprint density at radius 2 is 1.41 bits per heavy atom. The predicted octanol–water partition coefficient (Wildman–Crippen LogP) is 5.49. The van der Waals surface area contributed by atoms with E-state index in [-0.39, 0.29) is 12.2 Å². The third kappa shape index (κ3) is 3.95. The van der Waals surface area contributed by atoms with Crippen molar-refractivity contribution in [3.05, 3.63) is 66.2 Å². The maximum absolute atomic E-state index is 7.17. The van der Waals surface area contributed by atoms with Gasteiger partial charge in [-0.1, -0.05) is 85.9 Å². The lowest BCUT2D eigenvalue weighted by Crippen LogP contribution is -2.77. The summed E-state index contributed by atoms with van der Waals surface area (Å²) in [7, 11) is -3.90. The van der Waals surface area contributed by atoms with Crippen molar-refractivity contribution in [3.8, 4) is 0 Å². The fraction of sp³-hybridized carbons (Fsp3) is 0.538. The van der Waals surface area contributed by atoms with Gasteiger partial charge in [-0.25, -0.2) is 0 Å². The molecular weight excluding hydrogens is 432 g/mol. The summed E-state index contributed by atoms with van der Waals surface area (Å²) >= 11 is 0. The van der Waals surface area contributed by atoms with Crippen molar-refractivity contribution in [2.24, 2.45) is 0 Å². The maximum atomic E-state index is 7.17. The van der Waals surface area contributed by atoms with Gasteiger partial charge in [0.2, 0.25) is 0 Å². The molecule has 0 saturated carbocycles. The van der Waals surface area contributed by atoms with Gasteiger partial charge in [0.15, 0.2) is 19.7 Å². The minimum Gasteiger partial charge on any atom is -0.402 e. The van der Waals surface area contributed by atoms with E-state index in [2.05, 4.69) is 101 Å². The van der Waals surface area contributed by atoms with Crippen molar-refractivity contribution in [1.82, 2.24) is 0 Å². The zero-order valence-electron chi connectivity index (χ0n) is 20.6. The van der Waals surface area contributed by atoms with E-state index in [9.17, 15) is 0 Å². The first-order chi connectivity index (χ1) is 15.0. The van der Waals surface area contributed by atoms with Crippen LogP contribution in [-0.2, 0) is 18.6 Å². The third-order valence-electron chi connectivity index (χ3n) is 7.33. The third-order valence-corrected chi connectivity index (χ3v) is 12.7. The molecule has 174 valence electrons. The van der Waals surface area contributed by atoms with Crippen molar-refractivity contribution in [2.75, 3.05) is 13.2 Å². The molecule has 2 heterocycles. The number of hydrogen-bond acceptors (Lipinski definition) is 4. The fourth-order valence-corrected chi connectivity index (χ4v) is 9.41. The summed E-state index contributed by atoms with van der Waals surface area (Å²) in [5.74, 6) is -0.855. The van der Waals surface area contributed by atoms with E-state index in [1.54, 1.807) is 0 Å². The van der Waals surface area contributed by atoms with Crippen molar-refractivity contribution in [3.63, 3.8) is 0 Å². The van der Waals surface area contributed by atoms with Gasteiger partial charge in [0.1, 0.15) is 6.10 Å². The van der Waals surface area contributed by atoms with E-state index in [1.807, 2.05) is 6.07 Å². The molecule has 0 amide bonds. The lowest BCUT2D eigenvalue weighted by atomic mass is 9.73. The maximum Gasteiger partial charge on any atom is 0.199 e. The highest BCUT2D eigenvalue weighted by Crippen LogP contribution is 2.60. The molecule has 2 fully saturated rings. The van der Waals surface area contributed by atoms with Crippen LogP contribution in [0.4, 0.5) is 0 Å². The van der Waals surface area contributed by atoms with Gasteiger partial charge in [0.25, 0.3) is 0 Å². The van der Waals surface area contributed by atoms with Crippen LogP contribution < -0.4 is 5.19 Å². The quantitative estimate of drug-likeness (QED) is 0.502. The molecule has 0 radical (unpaired) electrons. The molecule has 32 heavy (non-hydrogen) atoms. The van der Waals surface area contributed by atoms with E-state index in [4.69, 9.17) is 18.6 Å². The number of hydrogen-bond donors (Lipinski definition) is 0. The van der Waals surface area contributed by atoms with Crippen LogP contribution in [0.5, 0.6) is 0 Å². The van der Waals surface area contributed by atoms with E-state index in [0.29, 0.717) is 18.8 Å². The first-order valence-electron chi connectivity index (χ1n) is 11.8. The van der Waals surface area contributed by atoms with Gasteiger partial charge in [-0.3, -0.25) is 0 Å². The Morgan fingerprint density at radius 3 is 1.94 bits per heavy atom. The molecule has 4 atom stereocenters. The van der Waals surface area contributed by atoms with Crippen LogP contribution in [0.15, 0.2) is 60.7 Å². The first-order valence-corrected chi connectivity index (χ1v) is 18.2. The van der Waals surface area contributed by atoms with E-state index < -0.39 is 27.8 Å². The molecule has 2 aromatic rings. The first kappa shape index (κ1) is 23.9. The minimum atomic E-state index is -2.00. The molecule has 2 aromatic carbocycles. The molecule has 2 aliphatic rings. The van der Waals surface area contributed by atoms with Crippen LogP contribution in [-0.4, -0.2) is 47.1 Å². The van der Waals surface area contributed by atoms with Crippen molar-refractivity contribution < 1.29 is 18.6 Å². The molecule has 0 aliphatic carbocycles. The van der Waals surface area contributed by atoms with Crippen molar-refractivity contribution >= 4 is 21.6 Å². The molecule has 6 heteroatoms. The van der Waals surface area contributed by atoms with Crippen LogP contribution in [0.1, 0.15) is 25.5 Å². The lowest BCUT2D eigenvalue weighted by Gasteiger charge is -2.64. The molecular formula is C26H38O4Si2. The van der Waals surface area contributed by atoms with Gasteiger partial charge >= 0.3 is 0 Å². The summed E-state index contributed by atoms with van der Waals surface area (Å²) in [5.41, 5.74) is 0.716. The van der Waals surface area contributed by atoms with Crippen molar-refractivity contribution in [1.29, 1.82) is 0 Å². The van der Waals surface area contributed by atoms with Crippen LogP contribution >= 0.6 is 0 Å². The fourth-order valence-electron chi connectivity index (χ4n) is 5.33. The highest BCUT2D eigenvalue weighted by Gasteiger charge is 2.73. The highest BCUT2D eigenvalue weighted by molar-refractivity contribution is 6.91. The second-order valence-electron chi connectivity index (χ2n) is 10.9. The molecule has 0 spiro atoms. The van der Waals surface area contributed by atoms with Crippen LogP contribution in [0.2, 0.25) is 38.3 Å². The highest BCUT2D eigenvalue weighted by atomic mass is 28.4. The molecule has 0 N–H and O–H groups in total. The molecule has 4 rings (SSSR count). The van der Waals surface area contributed by atoms with E-state index in [1.165, 1.54) is 5.19 Å². The average molecular weight is 471 g/mol. The SMILES string of the molecule is C[C@@H]([C@@H]1O[C@H](c2ccccc2)[C@@]1(O[Si](C)(C)C)C1(C)OCCO1)[Si](C)(C)c1ccccc1. The average Bonchev–Trinajstić information content (AvgIpc) is 3.19. The largest absolute Gasteiger partial charge is 0.402 e. The zero-order chi connectivity index (χ0) is 23.2. The molecule has 0 unspecified atom stereocenters. The number of ether oxygens (including phenoxy) is 3. The predicted molar refractivity (Wildman–Crippen MR) is 135 cm³/mol. The van der Waals surface area contributed by atoms with Gasteiger partial charge in [0, 0.05) is 0 Å². The van der Waals surface area contributed by atoms with Crippen LogP contribution in [0, 0.1) is 0 Å². The van der Waals surface area contributed by atoms with E-state index >= 15 is 0 Å². The summed E-state index contributed by atoms with van der Waals surface area (Å²) in [6.07, 6.45) is -0.351. The molecule has 4 nitrogen and oxygen atoms in total. The summed E-state index contributed by atoms with van der Waals surface area (Å²) in [5, 5.41) is 1.43. The Bertz CT molecular complexity index is 906. The van der Waals surface area contributed by atoms with Crippen LogP contribution in [0.25, 0.3) is 0 Å². The normalized spacial score (nSPS) is 28.8. The topological polar surface area (TPSA) is 36.9 Å². The monoisotopic (exact) mass is 470 g/mol. The molecule has 2 saturated heterocycles.